The van der Waals surface area contributed by atoms with E-state index in [1.54, 1.807) is 11.0 Å². The van der Waals surface area contributed by atoms with Crippen LogP contribution in [-0.2, 0) is 14.8 Å². The summed E-state index contributed by atoms with van der Waals surface area (Å²) in [6.45, 7) is 1.58. The number of carbonyl (C=O) groups excluding carboxylic acids is 1. The van der Waals surface area contributed by atoms with Crippen molar-refractivity contribution < 1.29 is 22.0 Å². The molecule has 1 fully saturated rings. The third-order valence-electron chi connectivity index (χ3n) is 5.78. The highest BCUT2D eigenvalue weighted by atomic mass is 32.2. The molecule has 0 aromatic heterocycles. The maximum Gasteiger partial charge on any atom is 0.242 e. The molecule has 2 atom stereocenters. The van der Waals surface area contributed by atoms with Gasteiger partial charge < -0.3 is 4.90 Å². The van der Waals surface area contributed by atoms with E-state index in [1.807, 2.05) is 30.3 Å². The number of hydrogen-bond donors (Lipinski definition) is 1. The van der Waals surface area contributed by atoms with Crippen molar-refractivity contribution in [2.24, 2.45) is 5.92 Å². The fraction of sp³-hybridized carbons (Fsp3) is 0.348. The third kappa shape index (κ3) is 4.70. The SMILES string of the molecule is CCS(=O)(=O)N[C@H](C(=O)N1CC(c2cc(F)ccc2F)=C[C@H]1c1ccccc1)C1CC1. The van der Waals surface area contributed by atoms with Gasteiger partial charge in [-0.25, -0.2) is 21.9 Å². The molecule has 1 heterocycles. The third-order valence-corrected chi connectivity index (χ3v) is 7.15. The van der Waals surface area contributed by atoms with Gasteiger partial charge in [0.1, 0.15) is 17.7 Å². The molecule has 0 unspecified atom stereocenters. The predicted octanol–water partition coefficient (Wildman–Crippen LogP) is 3.65. The monoisotopic (exact) mass is 446 g/mol. The molecule has 5 nitrogen and oxygen atoms in total. The molecule has 1 aliphatic carbocycles. The van der Waals surface area contributed by atoms with Crippen LogP contribution in [0.1, 0.15) is 36.9 Å². The molecule has 1 N–H and O–H groups in total. The quantitative estimate of drug-likeness (QED) is 0.706. The molecule has 164 valence electrons. The molecule has 1 amide bonds. The molecule has 1 aliphatic heterocycles. The zero-order valence-corrected chi connectivity index (χ0v) is 17.9. The summed E-state index contributed by atoms with van der Waals surface area (Å²) in [4.78, 5) is 15.1. The number of halogens is 2. The first kappa shape index (κ1) is 21.6. The molecule has 0 bridgehead atoms. The Hall–Kier alpha value is -2.58. The highest BCUT2D eigenvalue weighted by Gasteiger charge is 2.43. The summed E-state index contributed by atoms with van der Waals surface area (Å²) < 4.78 is 55.2. The molecular weight excluding hydrogens is 422 g/mol. The van der Waals surface area contributed by atoms with E-state index in [0.717, 1.165) is 36.6 Å². The number of sulfonamides is 1. The first-order valence-corrected chi connectivity index (χ1v) is 12.0. The average molecular weight is 447 g/mol. The second-order valence-corrected chi connectivity index (χ2v) is 10.0. The lowest BCUT2D eigenvalue weighted by atomic mass is 10.0. The molecule has 2 aromatic carbocycles. The summed E-state index contributed by atoms with van der Waals surface area (Å²) in [5, 5.41) is 0. The minimum atomic E-state index is -3.58. The zero-order valence-electron chi connectivity index (χ0n) is 17.1. The lowest BCUT2D eigenvalue weighted by molar-refractivity contribution is -0.134. The van der Waals surface area contributed by atoms with Gasteiger partial charge in [0.05, 0.1) is 11.8 Å². The maximum absolute atomic E-state index is 14.4. The number of rotatable bonds is 7. The molecule has 31 heavy (non-hydrogen) atoms. The second-order valence-electron chi connectivity index (χ2n) is 7.97. The highest BCUT2D eigenvalue weighted by Crippen LogP contribution is 2.39. The molecule has 0 spiro atoms. The molecule has 2 aromatic rings. The van der Waals surface area contributed by atoms with Crippen LogP contribution in [0.3, 0.4) is 0 Å². The van der Waals surface area contributed by atoms with E-state index < -0.39 is 33.7 Å². The Morgan fingerprint density at radius 1 is 1.16 bits per heavy atom. The van der Waals surface area contributed by atoms with Gasteiger partial charge in [-0.3, -0.25) is 4.79 Å². The number of carbonyl (C=O) groups is 1. The van der Waals surface area contributed by atoms with Gasteiger partial charge in [-0.05, 0) is 55.0 Å². The smallest absolute Gasteiger partial charge is 0.242 e. The van der Waals surface area contributed by atoms with Crippen molar-refractivity contribution in [3.05, 3.63) is 77.4 Å². The number of amides is 1. The van der Waals surface area contributed by atoms with Gasteiger partial charge in [0.2, 0.25) is 15.9 Å². The Bertz CT molecular complexity index is 1110. The van der Waals surface area contributed by atoms with Crippen LogP contribution < -0.4 is 4.72 Å². The maximum atomic E-state index is 14.4. The lowest BCUT2D eigenvalue weighted by Gasteiger charge is -2.29. The Kier molecular flexibility index (Phi) is 5.94. The minimum absolute atomic E-state index is 0.0554. The zero-order chi connectivity index (χ0) is 22.2. The Morgan fingerprint density at radius 3 is 2.52 bits per heavy atom. The highest BCUT2D eigenvalue weighted by molar-refractivity contribution is 7.89. The van der Waals surface area contributed by atoms with E-state index in [-0.39, 0.29) is 29.7 Å². The number of hydrogen-bond acceptors (Lipinski definition) is 3. The van der Waals surface area contributed by atoms with Crippen LogP contribution in [0.15, 0.2) is 54.6 Å². The number of benzene rings is 2. The average Bonchev–Trinajstić information content (AvgIpc) is 3.51. The van der Waals surface area contributed by atoms with Gasteiger partial charge in [-0.2, -0.15) is 0 Å². The van der Waals surface area contributed by atoms with Crippen molar-refractivity contribution in [1.29, 1.82) is 0 Å². The van der Waals surface area contributed by atoms with Crippen LogP contribution in [0.2, 0.25) is 0 Å². The van der Waals surface area contributed by atoms with E-state index in [4.69, 9.17) is 0 Å². The fourth-order valence-corrected chi connectivity index (χ4v) is 4.76. The molecule has 0 saturated heterocycles. The van der Waals surface area contributed by atoms with Crippen LogP contribution in [0, 0.1) is 17.6 Å². The predicted molar refractivity (Wildman–Crippen MR) is 114 cm³/mol. The van der Waals surface area contributed by atoms with Crippen LogP contribution in [0.4, 0.5) is 8.78 Å². The van der Waals surface area contributed by atoms with E-state index in [1.165, 1.54) is 6.92 Å². The molecule has 1 saturated carbocycles. The molecule has 8 heteroatoms. The Morgan fingerprint density at radius 2 is 1.87 bits per heavy atom. The van der Waals surface area contributed by atoms with Gasteiger partial charge in [-0.1, -0.05) is 36.4 Å². The molecule has 2 aliphatic rings. The van der Waals surface area contributed by atoms with Crippen LogP contribution in [0.5, 0.6) is 0 Å². The molecule has 0 radical (unpaired) electrons. The summed E-state index contributed by atoms with van der Waals surface area (Å²) >= 11 is 0. The molecular formula is C23H24F2N2O3S. The van der Waals surface area contributed by atoms with E-state index in [0.29, 0.717) is 5.57 Å². The van der Waals surface area contributed by atoms with E-state index in [2.05, 4.69) is 4.72 Å². The van der Waals surface area contributed by atoms with Crippen LogP contribution >= 0.6 is 0 Å². The van der Waals surface area contributed by atoms with Crippen molar-refractivity contribution in [2.45, 2.75) is 31.8 Å². The fourth-order valence-electron chi connectivity index (χ4n) is 3.91. The number of nitrogens with one attached hydrogen (secondary N) is 1. The summed E-state index contributed by atoms with van der Waals surface area (Å²) in [5.74, 6) is -1.66. The first-order chi connectivity index (χ1) is 14.8. The topological polar surface area (TPSA) is 66.5 Å². The van der Waals surface area contributed by atoms with Crippen molar-refractivity contribution in [3.63, 3.8) is 0 Å². The van der Waals surface area contributed by atoms with E-state index in [9.17, 15) is 22.0 Å². The van der Waals surface area contributed by atoms with Gasteiger partial charge in [0.15, 0.2) is 0 Å². The van der Waals surface area contributed by atoms with Gasteiger partial charge >= 0.3 is 0 Å². The lowest BCUT2D eigenvalue weighted by Crippen LogP contribution is -2.50. The summed E-state index contributed by atoms with van der Waals surface area (Å²) in [6, 6.07) is 11.1. The van der Waals surface area contributed by atoms with Crippen molar-refractivity contribution >= 4 is 21.5 Å². The second kappa shape index (κ2) is 8.51. The van der Waals surface area contributed by atoms with Gasteiger partial charge in [-0.15, -0.1) is 0 Å². The first-order valence-electron chi connectivity index (χ1n) is 10.3. The minimum Gasteiger partial charge on any atom is -0.326 e. The van der Waals surface area contributed by atoms with Gasteiger partial charge in [0.25, 0.3) is 0 Å². The summed E-state index contributed by atoms with van der Waals surface area (Å²) in [6.07, 6.45) is 3.29. The number of nitrogens with zero attached hydrogens (tertiary/aromatic N) is 1. The van der Waals surface area contributed by atoms with Crippen molar-refractivity contribution in [2.75, 3.05) is 12.3 Å². The summed E-state index contributed by atoms with van der Waals surface area (Å²) in [7, 11) is -3.58. The largest absolute Gasteiger partial charge is 0.326 e. The normalized spacial score (nSPS) is 19.9. The Balaban J connectivity index is 1.70. The molecule has 4 rings (SSSR count). The Labute approximate surface area is 180 Å². The van der Waals surface area contributed by atoms with Crippen LogP contribution in [0.25, 0.3) is 5.57 Å². The standard InChI is InChI=1S/C23H24F2N2O3S/c1-2-31(29,30)26-22(16-8-9-16)23(28)27-14-17(19-13-18(24)10-11-20(19)25)12-21(27)15-6-4-3-5-7-15/h3-7,10-13,16,21-22,26H,2,8-9,14H2,1H3/t21-,22-/m0/s1. The van der Waals surface area contributed by atoms with Crippen molar-refractivity contribution in [1.82, 2.24) is 9.62 Å². The van der Waals surface area contributed by atoms with Crippen molar-refractivity contribution in [3.8, 4) is 0 Å². The summed E-state index contributed by atoms with van der Waals surface area (Å²) in [5.41, 5.74) is 1.41. The van der Waals surface area contributed by atoms with Crippen LogP contribution in [-0.4, -0.2) is 37.6 Å². The van der Waals surface area contributed by atoms with Gasteiger partial charge in [0, 0.05) is 12.1 Å². The van der Waals surface area contributed by atoms with E-state index >= 15 is 0 Å².